The molecule has 0 bridgehead atoms. The number of phenolic OH excluding ortho intramolecular Hbond substituents is 2. The van der Waals surface area contributed by atoms with Gasteiger partial charge >= 0.3 is 0 Å². The molecule has 0 fully saturated rings. The molecule has 3 aromatic carbocycles. The van der Waals surface area contributed by atoms with Crippen molar-refractivity contribution >= 4 is 34.3 Å². The van der Waals surface area contributed by atoms with E-state index in [-0.39, 0.29) is 29.0 Å². The number of anilines is 1. The molecule has 0 aliphatic carbocycles. The number of hydrogen-bond donors (Lipinski definition) is 2. The van der Waals surface area contributed by atoms with Crippen molar-refractivity contribution in [2.24, 2.45) is 0 Å². The average Bonchev–Trinajstić information content (AvgIpc) is 3.16. The molecule has 0 saturated carbocycles. The molecule has 156 valence electrons. The first-order valence-electron chi connectivity index (χ1n) is 9.95. The molecule has 0 saturated heterocycles. The third-order valence-electron chi connectivity index (χ3n) is 5.64. The summed E-state index contributed by atoms with van der Waals surface area (Å²) in [5.41, 5.74) is 4.11. The number of aryl methyl sites for hydroxylation is 1. The van der Waals surface area contributed by atoms with E-state index in [1.54, 1.807) is 23.1 Å². The number of carbonyl (C=O) groups excluding carboxylic acids is 1. The van der Waals surface area contributed by atoms with Crippen LogP contribution < -0.4 is 4.90 Å². The van der Waals surface area contributed by atoms with Gasteiger partial charge in [0.25, 0.3) is 5.91 Å². The van der Waals surface area contributed by atoms with Crippen molar-refractivity contribution in [3.63, 3.8) is 0 Å². The van der Waals surface area contributed by atoms with Gasteiger partial charge in [0.2, 0.25) is 5.89 Å². The van der Waals surface area contributed by atoms with Gasteiger partial charge in [-0.3, -0.25) is 4.79 Å². The van der Waals surface area contributed by atoms with Gasteiger partial charge in [-0.2, -0.15) is 0 Å². The largest absolute Gasteiger partial charge is 0.508 e. The highest BCUT2D eigenvalue weighted by Crippen LogP contribution is 2.37. The van der Waals surface area contributed by atoms with E-state index in [2.05, 4.69) is 4.98 Å². The maximum Gasteiger partial charge on any atom is 0.262 e. The van der Waals surface area contributed by atoms with Crippen LogP contribution in [0.25, 0.3) is 22.6 Å². The van der Waals surface area contributed by atoms with E-state index in [0.717, 1.165) is 29.7 Å². The number of amides is 1. The molecule has 31 heavy (non-hydrogen) atoms. The van der Waals surface area contributed by atoms with Crippen LogP contribution in [0.3, 0.4) is 0 Å². The number of rotatable bonds is 2. The van der Waals surface area contributed by atoms with Gasteiger partial charge in [0.1, 0.15) is 17.0 Å². The van der Waals surface area contributed by atoms with Crippen LogP contribution >= 0.6 is 11.6 Å². The van der Waals surface area contributed by atoms with Crippen LogP contribution in [-0.4, -0.2) is 27.1 Å². The zero-order chi connectivity index (χ0) is 21.7. The lowest BCUT2D eigenvalue weighted by molar-refractivity contribution is 0.0972. The summed E-state index contributed by atoms with van der Waals surface area (Å²) in [6.07, 6.45) is 1.59. The predicted molar refractivity (Wildman–Crippen MR) is 119 cm³/mol. The third-order valence-corrected chi connectivity index (χ3v) is 5.87. The number of oxazole rings is 1. The summed E-state index contributed by atoms with van der Waals surface area (Å²) >= 11 is 6.05. The second-order valence-corrected chi connectivity index (χ2v) is 8.18. The van der Waals surface area contributed by atoms with Gasteiger partial charge in [-0.15, -0.1) is 0 Å². The molecule has 4 aromatic rings. The molecule has 7 heteroatoms. The lowest BCUT2D eigenvalue weighted by atomic mass is 9.94. The highest BCUT2D eigenvalue weighted by molar-refractivity contribution is 6.31. The summed E-state index contributed by atoms with van der Waals surface area (Å²) in [5, 5.41) is 20.3. The third kappa shape index (κ3) is 3.39. The fourth-order valence-corrected chi connectivity index (χ4v) is 4.22. The molecule has 0 radical (unpaired) electrons. The van der Waals surface area contributed by atoms with Gasteiger partial charge in [0.05, 0.1) is 5.56 Å². The number of nitrogens with zero attached hydrogens (tertiary/aromatic N) is 2. The first-order chi connectivity index (χ1) is 14.9. The van der Waals surface area contributed by atoms with E-state index in [1.165, 1.54) is 18.2 Å². The molecule has 1 aliphatic rings. The smallest absolute Gasteiger partial charge is 0.262 e. The van der Waals surface area contributed by atoms with Crippen LogP contribution in [0.5, 0.6) is 11.5 Å². The summed E-state index contributed by atoms with van der Waals surface area (Å²) in [4.78, 5) is 19.5. The highest BCUT2D eigenvalue weighted by atomic mass is 35.5. The number of fused-ring (bicyclic) bond motifs is 2. The zero-order valence-corrected chi connectivity index (χ0v) is 17.4. The van der Waals surface area contributed by atoms with Crippen molar-refractivity contribution in [3.8, 4) is 23.0 Å². The Morgan fingerprint density at radius 1 is 1.13 bits per heavy atom. The lowest BCUT2D eigenvalue weighted by Crippen LogP contribution is -2.42. The van der Waals surface area contributed by atoms with Crippen LogP contribution in [0.1, 0.15) is 29.3 Å². The van der Waals surface area contributed by atoms with Crippen molar-refractivity contribution in [1.82, 2.24) is 4.98 Å². The minimum Gasteiger partial charge on any atom is -0.508 e. The van der Waals surface area contributed by atoms with E-state index in [4.69, 9.17) is 16.0 Å². The number of hydrogen-bond acceptors (Lipinski definition) is 5. The minimum absolute atomic E-state index is 0.0366. The number of carbonyl (C=O) groups is 1. The second-order valence-electron chi connectivity index (χ2n) is 7.74. The van der Waals surface area contributed by atoms with Crippen LogP contribution in [0.2, 0.25) is 5.02 Å². The van der Waals surface area contributed by atoms with Gasteiger partial charge < -0.3 is 19.5 Å². The van der Waals surface area contributed by atoms with E-state index >= 15 is 0 Å². The Hall–Kier alpha value is -3.51. The van der Waals surface area contributed by atoms with E-state index in [1.807, 2.05) is 25.1 Å². The van der Waals surface area contributed by atoms with Gasteiger partial charge in [0.15, 0.2) is 5.58 Å². The molecule has 2 N–H and O–H groups in total. The monoisotopic (exact) mass is 434 g/mol. The van der Waals surface area contributed by atoms with E-state index < -0.39 is 0 Å². The van der Waals surface area contributed by atoms with Gasteiger partial charge in [0, 0.05) is 28.4 Å². The van der Waals surface area contributed by atoms with Crippen molar-refractivity contribution in [2.45, 2.75) is 25.8 Å². The second kappa shape index (κ2) is 7.32. The van der Waals surface area contributed by atoms with Crippen LogP contribution in [0.15, 0.2) is 59.0 Å². The lowest BCUT2D eigenvalue weighted by Gasteiger charge is -2.35. The molecule has 1 aliphatic heterocycles. The Balaban J connectivity index is 1.54. The average molecular weight is 435 g/mol. The molecule has 1 amide bonds. The molecule has 0 unspecified atom stereocenters. The number of phenols is 2. The molecule has 0 spiro atoms. The topological polar surface area (TPSA) is 86.8 Å². The summed E-state index contributed by atoms with van der Waals surface area (Å²) < 4.78 is 5.88. The van der Waals surface area contributed by atoms with E-state index in [9.17, 15) is 15.0 Å². The van der Waals surface area contributed by atoms with Crippen molar-refractivity contribution < 1.29 is 19.4 Å². The van der Waals surface area contributed by atoms with Crippen molar-refractivity contribution in [2.75, 3.05) is 4.90 Å². The number of halogens is 1. The van der Waals surface area contributed by atoms with Gasteiger partial charge in [-0.1, -0.05) is 11.6 Å². The Bertz CT molecular complexity index is 1330. The molecule has 5 rings (SSSR count). The van der Waals surface area contributed by atoms with Crippen LogP contribution in [-0.2, 0) is 6.42 Å². The highest BCUT2D eigenvalue weighted by Gasteiger charge is 2.31. The molecule has 2 heterocycles. The van der Waals surface area contributed by atoms with Gasteiger partial charge in [-0.05, 0) is 73.9 Å². The molecular formula is C24H19ClN2O4. The number of aromatic nitrogens is 1. The Kier molecular flexibility index (Phi) is 4.59. The number of aromatic hydroxyl groups is 2. The molecule has 6 nitrogen and oxygen atoms in total. The standard InChI is InChI=1S/C24H19ClN2O4/c1-13-2-3-14-10-15(23-26-19-11-16(25)5-9-22(19)31-23)4-8-20(14)27(13)24(30)18-7-6-17(28)12-21(18)29/h4-13,28-29H,2-3H2,1H3/t13-/m0/s1. The first kappa shape index (κ1) is 19.5. The fourth-order valence-electron chi connectivity index (χ4n) is 4.05. The summed E-state index contributed by atoms with van der Waals surface area (Å²) in [6, 6.07) is 15.0. The molecule has 1 atom stereocenters. The minimum atomic E-state index is -0.310. The Morgan fingerprint density at radius 2 is 1.97 bits per heavy atom. The van der Waals surface area contributed by atoms with Crippen molar-refractivity contribution in [3.05, 3.63) is 70.7 Å². The number of benzene rings is 3. The first-order valence-corrected chi connectivity index (χ1v) is 10.3. The van der Waals surface area contributed by atoms with E-state index in [0.29, 0.717) is 22.0 Å². The predicted octanol–water partition coefficient (Wildman–Crippen LogP) is 5.54. The summed E-state index contributed by atoms with van der Waals surface area (Å²) in [6.45, 7) is 1.98. The Morgan fingerprint density at radius 3 is 2.77 bits per heavy atom. The maximum atomic E-state index is 13.3. The Labute approximate surface area is 183 Å². The zero-order valence-electron chi connectivity index (χ0n) is 16.7. The summed E-state index contributed by atoms with van der Waals surface area (Å²) in [7, 11) is 0. The van der Waals surface area contributed by atoms with Crippen LogP contribution in [0.4, 0.5) is 5.69 Å². The maximum absolute atomic E-state index is 13.3. The normalized spacial score (nSPS) is 15.8. The molecular weight excluding hydrogens is 416 g/mol. The SMILES string of the molecule is C[C@H]1CCc2cc(-c3nc4cc(Cl)ccc4o3)ccc2N1C(=O)c1ccc(O)cc1O. The van der Waals surface area contributed by atoms with Gasteiger partial charge in [-0.25, -0.2) is 4.98 Å². The quantitative estimate of drug-likeness (QED) is 0.432. The van der Waals surface area contributed by atoms with Crippen molar-refractivity contribution in [1.29, 1.82) is 0 Å². The molecule has 1 aromatic heterocycles. The van der Waals surface area contributed by atoms with Crippen LogP contribution in [0, 0.1) is 0 Å². The summed E-state index contributed by atoms with van der Waals surface area (Å²) in [5.74, 6) is -0.153. The fraction of sp³-hybridized carbons (Fsp3) is 0.167.